The van der Waals surface area contributed by atoms with Crippen molar-refractivity contribution < 1.29 is 9.18 Å². The number of rotatable bonds is 4. The van der Waals surface area contributed by atoms with Gasteiger partial charge in [0.2, 0.25) is 0 Å². The van der Waals surface area contributed by atoms with Gasteiger partial charge in [-0.15, -0.1) is 0 Å². The number of Topliss-reactive ketones (excluding diaryl/α,β-unsaturated/α-hetero) is 1. The maximum absolute atomic E-state index is 13.5. The van der Waals surface area contributed by atoms with E-state index in [-0.39, 0.29) is 34.7 Å². The number of carbonyl (C=O) groups excluding carboxylic acids is 1. The predicted octanol–water partition coefficient (Wildman–Crippen LogP) is 2.89. The minimum atomic E-state index is -0.586. The number of halogens is 2. The van der Waals surface area contributed by atoms with Gasteiger partial charge >= 0.3 is 0 Å². The van der Waals surface area contributed by atoms with Crippen molar-refractivity contribution in [3.8, 4) is 0 Å². The van der Waals surface area contributed by atoms with Gasteiger partial charge in [-0.25, -0.2) is 4.39 Å². The van der Waals surface area contributed by atoms with Gasteiger partial charge in [0.1, 0.15) is 5.82 Å². The molecule has 1 unspecified atom stereocenters. The third kappa shape index (κ3) is 2.80. The molecule has 0 aliphatic carbocycles. The van der Waals surface area contributed by atoms with E-state index in [9.17, 15) is 9.18 Å². The highest BCUT2D eigenvalue weighted by Crippen LogP contribution is 2.21. The molecule has 0 saturated heterocycles. The van der Waals surface area contributed by atoms with Crippen LogP contribution in [-0.2, 0) is 0 Å². The highest BCUT2D eigenvalue weighted by atomic mass is 35.5. The lowest BCUT2D eigenvalue weighted by Gasteiger charge is -2.17. The first-order valence-corrected chi connectivity index (χ1v) is 5.54. The lowest BCUT2D eigenvalue weighted by Crippen LogP contribution is -2.29. The van der Waals surface area contributed by atoms with E-state index in [0.29, 0.717) is 0 Å². The lowest BCUT2D eigenvalue weighted by atomic mass is 9.88. The van der Waals surface area contributed by atoms with E-state index >= 15 is 0 Å². The van der Waals surface area contributed by atoms with E-state index in [0.717, 1.165) is 6.07 Å². The molecular weight excluding hydrogens is 229 g/mol. The van der Waals surface area contributed by atoms with Gasteiger partial charge in [0, 0.05) is 17.5 Å². The summed E-state index contributed by atoms with van der Waals surface area (Å²) >= 11 is 5.62. The SMILES string of the molecule is CC(C)C(CN)C(=O)c1ccc(Cl)cc1F. The zero-order valence-corrected chi connectivity index (χ0v) is 10.1. The zero-order chi connectivity index (χ0) is 12.3. The van der Waals surface area contributed by atoms with E-state index in [2.05, 4.69) is 0 Å². The van der Waals surface area contributed by atoms with Crippen LogP contribution in [0.15, 0.2) is 18.2 Å². The minimum Gasteiger partial charge on any atom is -0.330 e. The Bertz CT molecular complexity index is 393. The first-order chi connectivity index (χ1) is 7.47. The molecule has 0 aliphatic rings. The molecule has 0 aliphatic heterocycles. The number of ketones is 1. The largest absolute Gasteiger partial charge is 0.330 e. The van der Waals surface area contributed by atoms with Crippen molar-refractivity contribution in [2.75, 3.05) is 6.54 Å². The molecule has 1 rings (SSSR count). The Morgan fingerprint density at radius 3 is 2.56 bits per heavy atom. The average molecular weight is 244 g/mol. The maximum Gasteiger partial charge on any atom is 0.170 e. The Kier molecular flexibility index (Phi) is 4.44. The van der Waals surface area contributed by atoms with E-state index in [1.165, 1.54) is 12.1 Å². The third-order valence-corrected chi connectivity index (χ3v) is 2.83. The van der Waals surface area contributed by atoms with Crippen LogP contribution in [0.3, 0.4) is 0 Å². The first kappa shape index (κ1) is 13.1. The van der Waals surface area contributed by atoms with Gasteiger partial charge in [-0.3, -0.25) is 4.79 Å². The normalized spacial score (nSPS) is 12.9. The maximum atomic E-state index is 13.5. The molecule has 1 atom stereocenters. The Morgan fingerprint density at radius 2 is 2.12 bits per heavy atom. The van der Waals surface area contributed by atoms with Crippen molar-refractivity contribution in [3.05, 3.63) is 34.6 Å². The van der Waals surface area contributed by atoms with Crippen molar-refractivity contribution in [1.29, 1.82) is 0 Å². The molecule has 0 aromatic heterocycles. The summed E-state index contributed by atoms with van der Waals surface area (Å²) in [6.07, 6.45) is 0. The molecule has 0 amide bonds. The van der Waals surface area contributed by atoms with E-state index < -0.39 is 5.82 Å². The van der Waals surface area contributed by atoms with Gasteiger partial charge in [-0.05, 0) is 24.1 Å². The summed E-state index contributed by atoms with van der Waals surface area (Å²) in [5.41, 5.74) is 5.59. The second kappa shape index (κ2) is 5.41. The van der Waals surface area contributed by atoms with Gasteiger partial charge in [-0.1, -0.05) is 25.4 Å². The Balaban J connectivity index is 3.04. The van der Waals surface area contributed by atoms with Crippen LogP contribution in [0.4, 0.5) is 4.39 Å². The Labute approximate surface area is 99.6 Å². The third-order valence-electron chi connectivity index (χ3n) is 2.59. The Hall–Kier alpha value is -0.930. The van der Waals surface area contributed by atoms with Gasteiger partial charge in [0.25, 0.3) is 0 Å². The zero-order valence-electron chi connectivity index (χ0n) is 9.34. The molecule has 0 saturated carbocycles. The molecule has 0 spiro atoms. The lowest BCUT2D eigenvalue weighted by molar-refractivity contribution is 0.0888. The molecule has 16 heavy (non-hydrogen) atoms. The molecule has 0 bridgehead atoms. The van der Waals surface area contributed by atoms with Gasteiger partial charge < -0.3 is 5.73 Å². The van der Waals surface area contributed by atoms with Gasteiger partial charge in [0.15, 0.2) is 5.78 Å². The molecule has 0 radical (unpaired) electrons. The summed E-state index contributed by atoms with van der Waals surface area (Å²) < 4.78 is 13.5. The van der Waals surface area contributed by atoms with Crippen molar-refractivity contribution in [2.24, 2.45) is 17.6 Å². The summed E-state index contributed by atoms with van der Waals surface area (Å²) in [6.45, 7) is 4.01. The summed E-state index contributed by atoms with van der Waals surface area (Å²) in [5.74, 6) is -1.11. The monoisotopic (exact) mass is 243 g/mol. The molecule has 2 nitrogen and oxygen atoms in total. The molecule has 88 valence electrons. The van der Waals surface area contributed by atoms with Crippen LogP contribution >= 0.6 is 11.6 Å². The van der Waals surface area contributed by atoms with Crippen LogP contribution < -0.4 is 5.73 Å². The smallest absolute Gasteiger partial charge is 0.170 e. The van der Waals surface area contributed by atoms with Crippen molar-refractivity contribution >= 4 is 17.4 Å². The van der Waals surface area contributed by atoms with Crippen LogP contribution in [-0.4, -0.2) is 12.3 Å². The number of hydrogen-bond acceptors (Lipinski definition) is 2. The van der Waals surface area contributed by atoms with E-state index in [4.69, 9.17) is 17.3 Å². The number of nitrogens with two attached hydrogens (primary N) is 1. The fraction of sp³-hybridized carbons (Fsp3) is 0.417. The molecule has 0 fully saturated rings. The summed E-state index contributed by atoms with van der Waals surface area (Å²) in [5, 5.41) is 0.280. The molecular formula is C12H15ClFNO. The van der Waals surface area contributed by atoms with Crippen LogP contribution in [0.1, 0.15) is 24.2 Å². The van der Waals surface area contributed by atoms with Gasteiger partial charge in [-0.2, -0.15) is 0 Å². The molecule has 4 heteroatoms. The van der Waals surface area contributed by atoms with Crippen molar-refractivity contribution in [2.45, 2.75) is 13.8 Å². The quantitative estimate of drug-likeness (QED) is 0.827. The molecule has 1 aromatic rings. The second-order valence-electron chi connectivity index (χ2n) is 4.07. The van der Waals surface area contributed by atoms with Crippen molar-refractivity contribution in [1.82, 2.24) is 0 Å². The number of benzene rings is 1. The highest BCUT2D eigenvalue weighted by Gasteiger charge is 2.24. The number of carbonyl (C=O) groups is 1. The van der Waals surface area contributed by atoms with E-state index in [1.807, 2.05) is 13.8 Å². The standard InChI is InChI=1S/C12H15ClFNO/c1-7(2)10(6-15)12(16)9-4-3-8(13)5-11(9)14/h3-5,7,10H,6,15H2,1-2H3. The summed E-state index contributed by atoms with van der Waals surface area (Å²) in [7, 11) is 0. The molecule has 2 N–H and O–H groups in total. The average Bonchev–Trinajstić information content (AvgIpc) is 2.17. The van der Waals surface area contributed by atoms with Crippen LogP contribution in [0.25, 0.3) is 0 Å². The van der Waals surface area contributed by atoms with Crippen LogP contribution in [0, 0.1) is 17.7 Å². The molecule has 1 aromatic carbocycles. The second-order valence-corrected chi connectivity index (χ2v) is 4.51. The van der Waals surface area contributed by atoms with Crippen molar-refractivity contribution in [3.63, 3.8) is 0 Å². The number of hydrogen-bond donors (Lipinski definition) is 1. The fourth-order valence-electron chi connectivity index (χ4n) is 1.57. The fourth-order valence-corrected chi connectivity index (χ4v) is 1.73. The van der Waals surface area contributed by atoms with Crippen LogP contribution in [0.5, 0.6) is 0 Å². The molecule has 0 heterocycles. The minimum absolute atomic E-state index is 0.0635. The van der Waals surface area contributed by atoms with E-state index in [1.54, 1.807) is 0 Å². The Morgan fingerprint density at radius 1 is 1.50 bits per heavy atom. The topological polar surface area (TPSA) is 43.1 Å². The van der Waals surface area contributed by atoms with Crippen LogP contribution in [0.2, 0.25) is 5.02 Å². The first-order valence-electron chi connectivity index (χ1n) is 5.16. The summed E-state index contributed by atoms with van der Waals surface area (Å²) in [4.78, 5) is 12.0. The summed E-state index contributed by atoms with van der Waals surface area (Å²) in [6, 6.07) is 4.06. The van der Waals surface area contributed by atoms with Gasteiger partial charge in [0.05, 0.1) is 5.56 Å². The predicted molar refractivity (Wildman–Crippen MR) is 63.1 cm³/mol. The highest BCUT2D eigenvalue weighted by molar-refractivity contribution is 6.30.